The zero-order chi connectivity index (χ0) is 33.9. The Balaban J connectivity index is 2.35. The van der Waals surface area contributed by atoms with Gasteiger partial charge in [-0.1, -0.05) is 35.8 Å². The number of nitrogens with two attached hydrogens (primary N) is 1. The average molecular weight is 647 g/mol. The van der Waals surface area contributed by atoms with Gasteiger partial charge in [0.2, 0.25) is 11.7 Å². The number of carbonyl (C=O) groups excluding carboxylic acids is 3. The molecule has 0 aromatic heterocycles. The van der Waals surface area contributed by atoms with Crippen molar-refractivity contribution in [2.24, 2.45) is 10.7 Å². The van der Waals surface area contributed by atoms with Crippen LogP contribution in [0.4, 0.5) is 26.7 Å². The number of aliphatic imine (C=N–C) groups is 1. The Morgan fingerprint density at radius 3 is 2.09 bits per heavy atom. The number of rotatable bonds is 13. The number of guanidine groups is 1. The molecule has 2 aromatic carbocycles. The monoisotopic (exact) mass is 646 g/mol. The molecule has 0 aliphatic carbocycles. The van der Waals surface area contributed by atoms with Gasteiger partial charge in [0.25, 0.3) is 5.96 Å². The van der Waals surface area contributed by atoms with Crippen LogP contribution >= 0.6 is 0 Å². The smallest absolute Gasteiger partial charge is 0.408 e. The van der Waals surface area contributed by atoms with E-state index in [4.69, 9.17) is 15.2 Å². The lowest BCUT2D eigenvalue weighted by Gasteiger charge is -2.25. The Labute approximate surface area is 253 Å². The predicted octanol–water partition coefficient (Wildman–Crippen LogP) is 2.92. The topological polar surface area (TPSA) is 187 Å². The molecule has 246 valence electrons. The van der Waals surface area contributed by atoms with E-state index in [1.165, 1.54) is 20.8 Å². The Kier molecular flexibility index (Phi) is 13.0. The molecule has 0 saturated heterocycles. The maximum absolute atomic E-state index is 14.5. The molecule has 18 heteroatoms. The molecule has 0 aliphatic rings. The molecule has 0 spiro atoms. The molecule has 13 nitrogen and oxygen atoms in total. The molecule has 45 heavy (non-hydrogen) atoms. The molecule has 0 fully saturated rings. The van der Waals surface area contributed by atoms with Gasteiger partial charge in [-0.05, 0) is 39.2 Å². The summed E-state index contributed by atoms with van der Waals surface area (Å²) in [4.78, 5) is 52.9. The molecular formula is C27H31F5N6O7. The van der Waals surface area contributed by atoms with Crippen LogP contribution in [-0.2, 0) is 32.1 Å². The number of hydrogen-bond acceptors (Lipinski definition) is 8. The third-order valence-electron chi connectivity index (χ3n) is 5.68. The van der Waals surface area contributed by atoms with Gasteiger partial charge in [0.05, 0.1) is 0 Å². The number of hydrogen-bond donors (Lipinski definition) is 4. The van der Waals surface area contributed by atoms with E-state index in [-0.39, 0.29) is 26.0 Å². The molecule has 0 saturated carbocycles. The SMILES string of the molecule is CC(C)(C)OC(=O)NC(Cc1c(F)c(F)c(F)c(F)c1F)C(=O)N[C@@H](CCCN=C(N)N[N+](=O)[O-])C(=O)OCc1ccccc1. The second-order valence-corrected chi connectivity index (χ2v) is 10.4. The lowest BCUT2D eigenvalue weighted by Crippen LogP contribution is -2.53. The summed E-state index contributed by atoms with van der Waals surface area (Å²) >= 11 is 0. The van der Waals surface area contributed by atoms with Crippen LogP contribution in [0.1, 0.15) is 44.7 Å². The Morgan fingerprint density at radius 1 is 0.956 bits per heavy atom. The fraction of sp³-hybridized carbons (Fsp3) is 0.407. The molecule has 2 aromatic rings. The largest absolute Gasteiger partial charge is 0.459 e. The van der Waals surface area contributed by atoms with Gasteiger partial charge in [-0.25, -0.2) is 46.6 Å². The highest BCUT2D eigenvalue weighted by Crippen LogP contribution is 2.24. The van der Waals surface area contributed by atoms with Crippen LogP contribution in [0.25, 0.3) is 0 Å². The molecule has 1 unspecified atom stereocenters. The van der Waals surface area contributed by atoms with Crippen molar-refractivity contribution < 1.29 is 50.8 Å². The van der Waals surface area contributed by atoms with Crippen LogP contribution < -0.4 is 21.8 Å². The third kappa shape index (κ3) is 11.5. The number of ether oxygens (including phenoxy) is 2. The Morgan fingerprint density at radius 2 is 1.53 bits per heavy atom. The molecule has 2 amide bonds. The first-order valence-corrected chi connectivity index (χ1v) is 13.2. The fourth-order valence-electron chi connectivity index (χ4n) is 3.67. The first-order valence-electron chi connectivity index (χ1n) is 13.2. The molecule has 0 radical (unpaired) electrons. The van der Waals surface area contributed by atoms with Crippen molar-refractivity contribution in [3.63, 3.8) is 0 Å². The van der Waals surface area contributed by atoms with Crippen molar-refractivity contribution in [1.29, 1.82) is 0 Å². The van der Waals surface area contributed by atoms with Crippen LogP contribution in [0.3, 0.4) is 0 Å². The quantitative estimate of drug-likeness (QED) is 0.0292. The van der Waals surface area contributed by atoms with Crippen molar-refractivity contribution >= 4 is 23.9 Å². The van der Waals surface area contributed by atoms with E-state index in [0.717, 1.165) is 0 Å². The molecule has 5 N–H and O–H groups in total. The van der Waals surface area contributed by atoms with Gasteiger partial charge in [-0.15, -0.1) is 0 Å². The second kappa shape index (κ2) is 16.2. The standard InChI is InChI=1S/C27H31F5N6O7/c1-27(2,3)45-26(41)36-17(12-15-18(28)20(30)22(32)21(31)19(15)29)23(39)35-16(10-7-11-34-25(33)37-38(42)43)24(40)44-13-14-8-5-4-6-9-14/h4-6,8-9,16-17H,7,10-13H2,1-3H3,(H,35,39)(H,36,41)(H3,33,34,37)/t16-,17?/m0/s1. The number of halogens is 5. The number of alkyl carbamates (subject to hydrolysis) is 1. The summed E-state index contributed by atoms with van der Waals surface area (Å²) in [6.07, 6.45) is -2.77. The van der Waals surface area contributed by atoms with Crippen molar-refractivity contribution in [2.45, 2.75) is 64.3 Å². The summed E-state index contributed by atoms with van der Waals surface area (Å²) in [5, 5.41) is 13.8. The minimum atomic E-state index is -2.42. The van der Waals surface area contributed by atoms with Crippen molar-refractivity contribution in [2.75, 3.05) is 6.54 Å². The summed E-state index contributed by atoms with van der Waals surface area (Å²) in [5.41, 5.74) is 5.01. The van der Waals surface area contributed by atoms with E-state index in [2.05, 4.69) is 10.3 Å². The van der Waals surface area contributed by atoms with Crippen molar-refractivity contribution in [3.8, 4) is 0 Å². The predicted molar refractivity (Wildman–Crippen MR) is 147 cm³/mol. The number of esters is 1. The van der Waals surface area contributed by atoms with Crippen molar-refractivity contribution in [1.82, 2.24) is 16.1 Å². The second-order valence-electron chi connectivity index (χ2n) is 10.4. The molecule has 0 bridgehead atoms. The Bertz CT molecular complexity index is 1390. The number of nitrogens with one attached hydrogen (secondary N) is 3. The van der Waals surface area contributed by atoms with Crippen LogP contribution in [0, 0.1) is 39.2 Å². The highest BCUT2D eigenvalue weighted by molar-refractivity contribution is 5.90. The van der Waals surface area contributed by atoms with Gasteiger partial charge in [-0.3, -0.25) is 4.79 Å². The Hall–Kier alpha value is -5.03. The third-order valence-corrected chi connectivity index (χ3v) is 5.68. The van der Waals surface area contributed by atoms with Crippen molar-refractivity contribution in [3.05, 3.63) is 80.7 Å². The minimum absolute atomic E-state index is 0.0206. The van der Waals surface area contributed by atoms with E-state index in [1.807, 2.05) is 5.32 Å². The maximum atomic E-state index is 14.5. The summed E-state index contributed by atoms with van der Waals surface area (Å²) in [6.45, 7) is 3.98. The normalized spacial score (nSPS) is 12.9. The van der Waals surface area contributed by atoms with Crippen LogP contribution in [0.5, 0.6) is 0 Å². The van der Waals surface area contributed by atoms with Gasteiger partial charge in [0.1, 0.15) is 24.3 Å². The maximum Gasteiger partial charge on any atom is 0.408 e. The molecule has 0 heterocycles. The minimum Gasteiger partial charge on any atom is -0.459 e. The number of carbonyl (C=O) groups is 3. The average Bonchev–Trinajstić information content (AvgIpc) is 2.96. The summed E-state index contributed by atoms with van der Waals surface area (Å²) in [6, 6.07) is 4.84. The van der Waals surface area contributed by atoms with E-state index >= 15 is 0 Å². The van der Waals surface area contributed by atoms with E-state index in [1.54, 1.807) is 35.8 Å². The first-order chi connectivity index (χ1) is 21.0. The van der Waals surface area contributed by atoms with E-state index in [0.29, 0.717) is 5.56 Å². The number of benzene rings is 2. The first kappa shape index (κ1) is 36.2. The van der Waals surface area contributed by atoms with Crippen LogP contribution in [0.2, 0.25) is 0 Å². The number of nitro groups is 1. The van der Waals surface area contributed by atoms with Gasteiger partial charge < -0.3 is 25.8 Å². The lowest BCUT2D eigenvalue weighted by molar-refractivity contribution is -0.525. The zero-order valence-electron chi connectivity index (χ0n) is 24.3. The molecular weight excluding hydrogens is 615 g/mol. The van der Waals surface area contributed by atoms with Gasteiger partial charge in [-0.2, -0.15) is 0 Å². The lowest BCUT2D eigenvalue weighted by atomic mass is 10.0. The highest BCUT2D eigenvalue weighted by Gasteiger charge is 2.33. The number of nitrogens with zero attached hydrogens (tertiary/aromatic N) is 2. The molecule has 2 rings (SSSR count). The highest BCUT2D eigenvalue weighted by atomic mass is 19.2. The van der Waals surface area contributed by atoms with Gasteiger partial charge in [0.15, 0.2) is 28.3 Å². The number of hydrazine groups is 1. The van der Waals surface area contributed by atoms with Crippen LogP contribution in [-0.4, -0.2) is 53.2 Å². The van der Waals surface area contributed by atoms with E-state index in [9.17, 15) is 46.5 Å². The molecule has 2 atom stereocenters. The zero-order valence-corrected chi connectivity index (χ0v) is 24.3. The van der Waals surface area contributed by atoms with Crippen LogP contribution in [0.15, 0.2) is 35.3 Å². The summed E-state index contributed by atoms with van der Waals surface area (Å²) < 4.78 is 80.7. The number of amides is 2. The summed E-state index contributed by atoms with van der Waals surface area (Å²) in [5.74, 6) is -14.2. The molecule has 0 aliphatic heterocycles. The van der Waals surface area contributed by atoms with Gasteiger partial charge >= 0.3 is 12.1 Å². The fourth-order valence-corrected chi connectivity index (χ4v) is 3.67. The van der Waals surface area contributed by atoms with Gasteiger partial charge in [0, 0.05) is 18.5 Å². The van der Waals surface area contributed by atoms with E-state index < -0.39 is 87.7 Å². The summed E-state index contributed by atoms with van der Waals surface area (Å²) in [7, 11) is 0.